The molecule has 2 rings (SSSR count). The summed E-state index contributed by atoms with van der Waals surface area (Å²) in [7, 11) is 1.61. The molecule has 0 amide bonds. The molecule has 0 bridgehead atoms. The molecule has 0 saturated carbocycles. The Kier molecular flexibility index (Phi) is 5.17. The Morgan fingerprint density at radius 2 is 1.90 bits per heavy atom. The summed E-state index contributed by atoms with van der Waals surface area (Å²) in [6.07, 6.45) is 8.18. The number of rotatable bonds is 7. The summed E-state index contributed by atoms with van der Waals surface area (Å²) < 4.78 is 10.9. The van der Waals surface area contributed by atoms with Crippen LogP contribution in [-0.2, 0) is 6.42 Å². The van der Waals surface area contributed by atoms with Gasteiger partial charge in [0.2, 0.25) is 0 Å². The number of nitrogen functional groups attached to an aromatic ring is 1. The number of methoxy groups -OCH3 is 1. The molecule has 2 aromatic rings. The van der Waals surface area contributed by atoms with Crippen molar-refractivity contribution in [1.29, 1.82) is 0 Å². The molecule has 5 nitrogen and oxygen atoms in total. The topological polar surface area (TPSA) is 70.3 Å². The van der Waals surface area contributed by atoms with Crippen molar-refractivity contribution >= 4 is 5.69 Å². The minimum absolute atomic E-state index is 0.647. The lowest BCUT2D eigenvalue weighted by molar-refractivity contribution is 0.286. The third kappa shape index (κ3) is 4.12. The standard InChI is InChI=1S/C15H19N3O2/c1-19-15-8-13(16)5-6-14(15)20-7-3-2-4-12-9-17-11-18-10-12/h5-6,8-11H,2-4,7,16H2,1H3. The fourth-order valence-corrected chi connectivity index (χ4v) is 1.88. The van der Waals surface area contributed by atoms with Crippen LogP contribution in [0.15, 0.2) is 36.9 Å². The van der Waals surface area contributed by atoms with E-state index in [4.69, 9.17) is 15.2 Å². The highest BCUT2D eigenvalue weighted by Gasteiger charge is 2.04. The summed E-state index contributed by atoms with van der Waals surface area (Å²) in [5.74, 6) is 1.39. The van der Waals surface area contributed by atoms with E-state index >= 15 is 0 Å². The highest BCUT2D eigenvalue weighted by Crippen LogP contribution is 2.29. The maximum atomic E-state index is 5.71. The van der Waals surface area contributed by atoms with Gasteiger partial charge in [0.15, 0.2) is 11.5 Å². The van der Waals surface area contributed by atoms with Crippen molar-refractivity contribution in [1.82, 2.24) is 9.97 Å². The number of hydrogen-bond acceptors (Lipinski definition) is 5. The number of ether oxygens (including phenoxy) is 2. The maximum absolute atomic E-state index is 5.71. The highest BCUT2D eigenvalue weighted by atomic mass is 16.5. The second kappa shape index (κ2) is 7.33. The Balaban J connectivity index is 1.73. The molecule has 0 aliphatic carbocycles. The highest BCUT2D eigenvalue weighted by molar-refractivity contribution is 5.51. The molecule has 0 radical (unpaired) electrons. The predicted molar refractivity (Wildman–Crippen MR) is 77.9 cm³/mol. The van der Waals surface area contributed by atoms with Crippen LogP contribution in [0.2, 0.25) is 0 Å². The summed E-state index contributed by atoms with van der Waals surface area (Å²) in [5, 5.41) is 0. The fraction of sp³-hybridized carbons (Fsp3) is 0.333. The molecule has 0 fully saturated rings. The van der Waals surface area contributed by atoms with Crippen LogP contribution >= 0.6 is 0 Å². The van der Waals surface area contributed by atoms with E-state index in [1.54, 1.807) is 25.6 Å². The first kappa shape index (κ1) is 14.1. The van der Waals surface area contributed by atoms with Crippen LogP contribution < -0.4 is 15.2 Å². The van der Waals surface area contributed by atoms with Gasteiger partial charge in [-0.1, -0.05) is 0 Å². The summed E-state index contributed by atoms with van der Waals surface area (Å²) in [4.78, 5) is 7.98. The molecular weight excluding hydrogens is 254 g/mol. The van der Waals surface area contributed by atoms with Gasteiger partial charge in [-0.25, -0.2) is 9.97 Å². The van der Waals surface area contributed by atoms with Crippen molar-refractivity contribution in [2.75, 3.05) is 19.5 Å². The van der Waals surface area contributed by atoms with Gasteiger partial charge in [0, 0.05) is 24.1 Å². The second-order valence-corrected chi connectivity index (χ2v) is 4.46. The molecule has 0 aliphatic heterocycles. The lowest BCUT2D eigenvalue weighted by atomic mass is 10.1. The van der Waals surface area contributed by atoms with E-state index in [-0.39, 0.29) is 0 Å². The van der Waals surface area contributed by atoms with E-state index in [0.717, 1.165) is 30.6 Å². The first-order chi connectivity index (χ1) is 9.79. The van der Waals surface area contributed by atoms with E-state index in [1.807, 2.05) is 18.5 Å². The molecule has 0 atom stereocenters. The predicted octanol–water partition coefficient (Wildman–Crippen LogP) is 2.47. The summed E-state index contributed by atoms with van der Waals surface area (Å²) in [6, 6.07) is 5.40. The number of unbranched alkanes of at least 4 members (excludes halogenated alkanes) is 1. The zero-order valence-electron chi connectivity index (χ0n) is 11.6. The molecule has 0 spiro atoms. The van der Waals surface area contributed by atoms with E-state index in [2.05, 4.69) is 9.97 Å². The molecule has 20 heavy (non-hydrogen) atoms. The molecule has 106 valence electrons. The van der Waals surface area contributed by atoms with Crippen molar-refractivity contribution in [3.05, 3.63) is 42.5 Å². The molecule has 5 heteroatoms. The van der Waals surface area contributed by atoms with Gasteiger partial charge in [-0.3, -0.25) is 0 Å². The minimum Gasteiger partial charge on any atom is -0.493 e. The Hall–Kier alpha value is -2.30. The van der Waals surface area contributed by atoms with Crippen LogP contribution in [0.4, 0.5) is 5.69 Å². The van der Waals surface area contributed by atoms with E-state index in [9.17, 15) is 0 Å². The minimum atomic E-state index is 0.647. The largest absolute Gasteiger partial charge is 0.493 e. The van der Waals surface area contributed by atoms with E-state index in [0.29, 0.717) is 18.0 Å². The van der Waals surface area contributed by atoms with Crippen LogP contribution in [0.5, 0.6) is 11.5 Å². The summed E-state index contributed by atoms with van der Waals surface area (Å²) in [5.41, 5.74) is 7.51. The zero-order valence-corrected chi connectivity index (χ0v) is 11.6. The Labute approximate surface area is 118 Å². The molecule has 2 N–H and O–H groups in total. The van der Waals surface area contributed by atoms with Crippen LogP contribution in [-0.4, -0.2) is 23.7 Å². The van der Waals surface area contributed by atoms with Crippen LogP contribution in [0.1, 0.15) is 18.4 Å². The molecule has 1 heterocycles. The van der Waals surface area contributed by atoms with E-state index in [1.165, 1.54) is 0 Å². The van der Waals surface area contributed by atoms with Crippen molar-refractivity contribution in [2.45, 2.75) is 19.3 Å². The normalized spacial score (nSPS) is 10.2. The van der Waals surface area contributed by atoms with Crippen LogP contribution in [0.25, 0.3) is 0 Å². The van der Waals surface area contributed by atoms with Gasteiger partial charge in [-0.15, -0.1) is 0 Å². The third-order valence-electron chi connectivity index (χ3n) is 2.92. The van der Waals surface area contributed by atoms with Gasteiger partial charge >= 0.3 is 0 Å². The monoisotopic (exact) mass is 273 g/mol. The number of benzene rings is 1. The van der Waals surface area contributed by atoms with Gasteiger partial charge in [0.1, 0.15) is 6.33 Å². The van der Waals surface area contributed by atoms with Gasteiger partial charge in [0.05, 0.1) is 13.7 Å². The number of anilines is 1. The number of hydrogen-bond donors (Lipinski definition) is 1. The van der Waals surface area contributed by atoms with Gasteiger partial charge in [0.25, 0.3) is 0 Å². The lowest BCUT2D eigenvalue weighted by Crippen LogP contribution is -2.01. The number of aryl methyl sites for hydroxylation is 1. The number of aromatic nitrogens is 2. The molecule has 0 unspecified atom stereocenters. The molecule has 1 aromatic heterocycles. The Morgan fingerprint density at radius 1 is 1.10 bits per heavy atom. The second-order valence-electron chi connectivity index (χ2n) is 4.46. The van der Waals surface area contributed by atoms with Crippen LogP contribution in [0, 0.1) is 0 Å². The van der Waals surface area contributed by atoms with E-state index < -0.39 is 0 Å². The average Bonchev–Trinajstić information content (AvgIpc) is 2.49. The first-order valence-corrected chi connectivity index (χ1v) is 6.60. The van der Waals surface area contributed by atoms with Crippen LogP contribution in [0.3, 0.4) is 0 Å². The quantitative estimate of drug-likeness (QED) is 0.620. The SMILES string of the molecule is COc1cc(N)ccc1OCCCCc1cncnc1. The Bertz CT molecular complexity index is 532. The smallest absolute Gasteiger partial charge is 0.162 e. The lowest BCUT2D eigenvalue weighted by Gasteiger charge is -2.11. The third-order valence-corrected chi connectivity index (χ3v) is 2.92. The van der Waals surface area contributed by atoms with Crippen molar-refractivity contribution < 1.29 is 9.47 Å². The van der Waals surface area contributed by atoms with Crippen molar-refractivity contribution in [3.8, 4) is 11.5 Å². The fourth-order valence-electron chi connectivity index (χ4n) is 1.88. The Morgan fingerprint density at radius 3 is 2.65 bits per heavy atom. The number of nitrogens with zero attached hydrogens (tertiary/aromatic N) is 2. The van der Waals surface area contributed by atoms with Gasteiger partial charge in [-0.05, 0) is 37.0 Å². The molecule has 0 saturated heterocycles. The summed E-state index contributed by atoms with van der Waals surface area (Å²) >= 11 is 0. The zero-order chi connectivity index (χ0) is 14.2. The average molecular weight is 273 g/mol. The molecular formula is C15H19N3O2. The molecule has 0 aliphatic rings. The van der Waals surface area contributed by atoms with Gasteiger partial charge < -0.3 is 15.2 Å². The number of nitrogens with two attached hydrogens (primary N) is 1. The van der Waals surface area contributed by atoms with Crippen molar-refractivity contribution in [2.24, 2.45) is 0 Å². The van der Waals surface area contributed by atoms with Gasteiger partial charge in [-0.2, -0.15) is 0 Å². The first-order valence-electron chi connectivity index (χ1n) is 6.60. The molecule has 1 aromatic carbocycles. The maximum Gasteiger partial charge on any atom is 0.162 e. The van der Waals surface area contributed by atoms with Crippen molar-refractivity contribution in [3.63, 3.8) is 0 Å². The summed E-state index contributed by atoms with van der Waals surface area (Å²) in [6.45, 7) is 0.647.